The number of rotatable bonds is 4. The molecule has 18 heavy (non-hydrogen) atoms. The van der Waals surface area contributed by atoms with Crippen LogP contribution < -0.4 is 10.9 Å². The van der Waals surface area contributed by atoms with Gasteiger partial charge in [-0.15, -0.1) is 0 Å². The highest BCUT2D eigenvalue weighted by Gasteiger charge is 2.43. The smallest absolute Gasteiger partial charge is 0.331 e. The monoisotopic (exact) mass is 253 g/mol. The molecule has 0 bridgehead atoms. The van der Waals surface area contributed by atoms with E-state index < -0.39 is 11.5 Å². The van der Waals surface area contributed by atoms with Crippen molar-refractivity contribution in [2.24, 2.45) is 0 Å². The highest BCUT2D eigenvalue weighted by atomic mass is 16.5. The van der Waals surface area contributed by atoms with Crippen molar-refractivity contribution in [2.75, 3.05) is 18.5 Å². The molecular weight excluding hydrogens is 238 g/mol. The molecule has 1 aromatic heterocycles. The van der Waals surface area contributed by atoms with Gasteiger partial charge < -0.3 is 19.7 Å². The minimum Gasteiger partial charge on any atom is -0.479 e. The molecule has 0 amide bonds. The summed E-state index contributed by atoms with van der Waals surface area (Å²) in [5, 5.41) is 12.0. The summed E-state index contributed by atoms with van der Waals surface area (Å²) in [5.74, 6) is -0.986. The summed E-state index contributed by atoms with van der Waals surface area (Å²) in [6.07, 6.45) is 3.34. The number of nitrogens with zero attached hydrogens (tertiary/aromatic N) is 2. The van der Waals surface area contributed by atoms with E-state index in [1.807, 2.05) is 6.92 Å². The number of carbonyl (C=O) groups is 1. The van der Waals surface area contributed by atoms with Crippen LogP contribution in [-0.4, -0.2) is 39.4 Å². The van der Waals surface area contributed by atoms with Crippen LogP contribution in [0.1, 0.15) is 13.3 Å². The first-order valence-electron chi connectivity index (χ1n) is 5.74. The van der Waals surface area contributed by atoms with Crippen molar-refractivity contribution in [3.05, 3.63) is 22.7 Å². The maximum Gasteiger partial charge on any atom is 0.331 e. The van der Waals surface area contributed by atoms with E-state index in [1.165, 1.54) is 10.8 Å². The number of aryl methyl sites for hydroxylation is 1. The second kappa shape index (κ2) is 4.77. The van der Waals surface area contributed by atoms with Crippen LogP contribution in [0.2, 0.25) is 0 Å². The molecule has 2 rings (SSSR count). The van der Waals surface area contributed by atoms with Gasteiger partial charge in [-0.3, -0.25) is 4.79 Å². The van der Waals surface area contributed by atoms with Crippen molar-refractivity contribution in [2.45, 2.75) is 25.4 Å². The highest BCUT2D eigenvalue weighted by Crippen LogP contribution is 2.22. The summed E-state index contributed by atoms with van der Waals surface area (Å²) in [6.45, 7) is 2.72. The number of ether oxygens (including phenoxy) is 1. The van der Waals surface area contributed by atoms with Crippen molar-refractivity contribution < 1.29 is 14.6 Å². The lowest BCUT2D eigenvalue weighted by atomic mass is 9.99. The number of anilines is 1. The molecule has 2 N–H and O–H groups in total. The van der Waals surface area contributed by atoms with Gasteiger partial charge in [-0.05, 0) is 6.92 Å². The molecule has 7 heteroatoms. The van der Waals surface area contributed by atoms with Crippen LogP contribution in [0.25, 0.3) is 0 Å². The fourth-order valence-corrected chi connectivity index (χ4v) is 1.89. The minimum atomic E-state index is -1.25. The third-order valence-electron chi connectivity index (χ3n) is 3.04. The lowest BCUT2D eigenvalue weighted by molar-refractivity contribution is -0.142. The lowest BCUT2D eigenvalue weighted by Gasteiger charge is -2.23. The first-order valence-corrected chi connectivity index (χ1v) is 5.74. The van der Waals surface area contributed by atoms with Gasteiger partial charge in [0, 0.05) is 32.0 Å². The zero-order valence-electron chi connectivity index (χ0n) is 10.0. The average Bonchev–Trinajstić information content (AvgIpc) is 2.82. The van der Waals surface area contributed by atoms with Crippen molar-refractivity contribution >= 4 is 11.8 Å². The topological polar surface area (TPSA) is 93.5 Å². The molecule has 0 spiro atoms. The predicted octanol–water partition coefficient (Wildman–Crippen LogP) is -0.0812. The Morgan fingerprint density at radius 3 is 3.06 bits per heavy atom. The molecule has 1 fully saturated rings. The SMILES string of the molecule is CCn1ccnc(NC2(C(=O)O)CCOC2)c1=O. The van der Waals surface area contributed by atoms with E-state index in [2.05, 4.69) is 10.3 Å². The molecule has 0 saturated carbocycles. The normalized spacial score (nSPS) is 22.9. The molecule has 0 aliphatic carbocycles. The first kappa shape index (κ1) is 12.6. The second-order valence-corrected chi connectivity index (χ2v) is 4.18. The molecule has 0 radical (unpaired) electrons. The molecular formula is C11H15N3O4. The van der Waals surface area contributed by atoms with Gasteiger partial charge in [0.1, 0.15) is 0 Å². The third-order valence-corrected chi connectivity index (χ3v) is 3.04. The minimum absolute atomic E-state index is 0.0322. The van der Waals surface area contributed by atoms with Gasteiger partial charge >= 0.3 is 5.97 Å². The number of carboxylic acid groups (broad SMARTS) is 1. The summed E-state index contributed by atoms with van der Waals surface area (Å²) in [7, 11) is 0. The molecule has 1 unspecified atom stereocenters. The molecule has 1 saturated heterocycles. The van der Waals surface area contributed by atoms with Crippen molar-refractivity contribution in [1.82, 2.24) is 9.55 Å². The van der Waals surface area contributed by atoms with Crippen LogP contribution in [0.3, 0.4) is 0 Å². The zero-order valence-corrected chi connectivity index (χ0v) is 10.0. The summed E-state index contributed by atoms with van der Waals surface area (Å²) in [6, 6.07) is 0. The van der Waals surface area contributed by atoms with Gasteiger partial charge in [-0.2, -0.15) is 0 Å². The van der Waals surface area contributed by atoms with Crippen molar-refractivity contribution in [3.8, 4) is 0 Å². The van der Waals surface area contributed by atoms with Gasteiger partial charge in [0.2, 0.25) is 0 Å². The van der Waals surface area contributed by atoms with Gasteiger partial charge in [-0.25, -0.2) is 9.78 Å². The van der Waals surface area contributed by atoms with Crippen LogP contribution in [0, 0.1) is 0 Å². The molecule has 7 nitrogen and oxygen atoms in total. The number of hydrogen-bond donors (Lipinski definition) is 2. The highest BCUT2D eigenvalue weighted by molar-refractivity contribution is 5.83. The fourth-order valence-electron chi connectivity index (χ4n) is 1.89. The van der Waals surface area contributed by atoms with E-state index in [-0.39, 0.29) is 18.0 Å². The molecule has 1 aliphatic heterocycles. The Morgan fingerprint density at radius 2 is 2.50 bits per heavy atom. The Kier molecular flexibility index (Phi) is 3.33. The first-order chi connectivity index (χ1) is 8.59. The second-order valence-electron chi connectivity index (χ2n) is 4.18. The van der Waals surface area contributed by atoms with Gasteiger partial charge in [-0.1, -0.05) is 0 Å². The van der Waals surface area contributed by atoms with E-state index in [0.29, 0.717) is 19.6 Å². The number of nitrogens with one attached hydrogen (secondary N) is 1. The summed E-state index contributed by atoms with van der Waals surface area (Å²) in [5.41, 5.74) is -1.58. The molecule has 2 heterocycles. The quantitative estimate of drug-likeness (QED) is 0.779. The van der Waals surface area contributed by atoms with E-state index in [0.717, 1.165) is 0 Å². The summed E-state index contributed by atoms with van der Waals surface area (Å²) in [4.78, 5) is 27.2. The Labute approximate surface area is 103 Å². The Balaban J connectivity index is 2.33. The van der Waals surface area contributed by atoms with Gasteiger partial charge in [0.25, 0.3) is 5.56 Å². The van der Waals surface area contributed by atoms with Gasteiger partial charge in [0.05, 0.1) is 6.61 Å². The average molecular weight is 253 g/mol. The van der Waals surface area contributed by atoms with Crippen LogP contribution >= 0.6 is 0 Å². The summed E-state index contributed by atoms with van der Waals surface area (Å²) >= 11 is 0. The number of carboxylic acids is 1. The fraction of sp³-hybridized carbons (Fsp3) is 0.545. The Morgan fingerprint density at radius 1 is 1.72 bits per heavy atom. The number of aliphatic carboxylic acids is 1. The van der Waals surface area contributed by atoms with E-state index in [9.17, 15) is 14.7 Å². The largest absolute Gasteiger partial charge is 0.479 e. The van der Waals surface area contributed by atoms with Crippen LogP contribution in [0.5, 0.6) is 0 Å². The lowest BCUT2D eigenvalue weighted by Crippen LogP contribution is -2.48. The van der Waals surface area contributed by atoms with Gasteiger partial charge in [0.15, 0.2) is 11.4 Å². The zero-order chi connectivity index (χ0) is 13.2. The molecule has 1 aliphatic rings. The molecule has 0 aromatic carbocycles. The van der Waals surface area contributed by atoms with E-state index in [4.69, 9.17) is 4.74 Å². The number of aromatic nitrogens is 2. The van der Waals surface area contributed by atoms with Crippen molar-refractivity contribution in [3.63, 3.8) is 0 Å². The maximum absolute atomic E-state index is 12.0. The molecule has 98 valence electrons. The molecule has 1 atom stereocenters. The maximum atomic E-state index is 12.0. The van der Waals surface area contributed by atoms with E-state index >= 15 is 0 Å². The Bertz CT molecular complexity index is 505. The Hall–Kier alpha value is -1.89. The number of hydrogen-bond acceptors (Lipinski definition) is 5. The van der Waals surface area contributed by atoms with Crippen LogP contribution in [0.15, 0.2) is 17.2 Å². The van der Waals surface area contributed by atoms with Crippen molar-refractivity contribution in [1.29, 1.82) is 0 Å². The molecule has 1 aromatic rings. The standard InChI is InChI=1S/C11H15N3O4/c1-2-14-5-4-12-8(9(14)15)13-11(10(16)17)3-6-18-7-11/h4-5H,2-3,6-7H2,1H3,(H,12,13)(H,16,17). The van der Waals surface area contributed by atoms with E-state index in [1.54, 1.807) is 6.20 Å². The van der Waals surface area contributed by atoms with Crippen LogP contribution in [-0.2, 0) is 16.1 Å². The predicted molar refractivity (Wildman–Crippen MR) is 63.6 cm³/mol. The summed E-state index contributed by atoms with van der Waals surface area (Å²) < 4.78 is 6.57. The van der Waals surface area contributed by atoms with Crippen LogP contribution in [0.4, 0.5) is 5.82 Å². The third kappa shape index (κ3) is 2.08.